The smallest absolute Gasteiger partial charge is 0.269 e. The van der Waals surface area contributed by atoms with Crippen LogP contribution >= 0.6 is 0 Å². The van der Waals surface area contributed by atoms with Gasteiger partial charge in [-0.3, -0.25) is 19.7 Å². The van der Waals surface area contributed by atoms with Crippen LogP contribution in [0.15, 0.2) is 60.7 Å². The van der Waals surface area contributed by atoms with Gasteiger partial charge in [-0.25, -0.2) is 0 Å². The second-order valence-electron chi connectivity index (χ2n) is 7.71. The highest BCUT2D eigenvalue weighted by Gasteiger charge is 2.20. The van der Waals surface area contributed by atoms with Crippen LogP contribution in [0.2, 0.25) is 0 Å². The Morgan fingerprint density at radius 1 is 0.897 bits per heavy atom. The molecule has 0 unspecified atom stereocenters. The van der Waals surface area contributed by atoms with Crippen LogP contribution in [-0.4, -0.2) is 22.3 Å². The molecular formula is C22H21N3O4. The van der Waals surface area contributed by atoms with Crippen molar-refractivity contribution in [1.82, 2.24) is 5.32 Å². The molecule has 2 N–H and O–H groups in total. The molecule has 0 aliphatic carbocycles. The zero-order valence-electron chi connectivity index (χ0n) is 16.4. The van der Waals surface area contributed by atoms with Gasteiger partial charge in [-0.15, -0.1) is 0 Å². The highest BCUT2D eigenvalue weighted by atomic mass is 16.6. The SMILES string of the molecule is CC(C)(C)NC(=O)c1cc2ccccc2cc1NC(=O)c1ccc([N+](=O)[O-])cc1. The summed E-state index contributed by atoms with van der Waals surface area (Å²) in [7, 11) is 0. The number of non-ortho nitro benzene ring substituents is 1. The van der Waals surface area contributed by atoms with E-state index in [0.29, 0.717) is 11.3 Å². The van der Waals surface area contributed by atoms with E-state index in [1.165, 1.54) is 24.3 Å². The second kappa shape index (κ2) is 7.71. The van der Waals surface area contributed by atoms with Gasteiger partial charge < -0.3 is 10.6 Å². The van der Waals surface area contributed by atoms with Crippen LogP contribution in [0.4, 0.5) is 11.4 Å². The predicted octanol–water partition coefficient (Wildman–Crippen LogP) is 4.53. The van der Waals surface area contributed by atoms with E-state index in [-0.39, 0.29) is 17.2 Å². The van der Waals surface area contributed by atoms with E-state index >= 15 is 0 Å². The van der Waals surface area contributed by atoms with E-state index < -0.39 is 16.4 Å². The lowest BCUT2D eigenvalue weighted by atomic mass is 10.0. The monoisotopic (exact) mass is 391 g/mol. The van der Waals surface area contributed by atoms with E-state index in [0.717, 1.165) is 10.8 Å². The number of carbonyl (C=O) groups excluding carboxylic acids is 2. The zero-order valence-corrected chi connectivity index (χ0v) is 16.4. The Hall–Kier alpha value is -3.74. The summed E-state index contributed by atoms with van der Waals surface area (Å²) in [5.41, 5.74) is 0.425. The summed E-state index contributed by atoms with van der Waals surface area (Å²) in [5.74, 6) is -0.762. The third-order valence-corrected chi connectivity index (χ3v) is 4.21. The molecule has 3 rings (SSSR count). The predicted molar refractivity (Wildman–Crippen MR) is 112 cm³/mol. The number of nitro benzene ring substituents is 1. The van der Waals surface area contributed by atoms with Crippen molar-refractivity contribution in [3.8, 4) is 0 Å². The fourth-order valence-corrected chi connectivity index (χ4v) is 2.87. The maximum absolute atomic E-state index is 12.8. The van der Waals surface area contributed by atoms with E-state index in [9.17, 15) is 19.7 Å². The van der Waals surface area contributed by atoms with Gasteiger partial charge in [0, 0.05) is 23.2 Å². The Labute approximate surface area is 167 Å². The normalized spacial score (nSPS) is 11.1. The van der Waals surface area contributed by atoms with E-state index in [1.807, 2.05) is 45.0 Å². The number of fused-ring (bicyclic) bond motifs is 1. The topological polar surface area (TPSA) is 101 Å². The number of amides is 2. The summed E-state index contributed by atoms with van der Waals surface area (Å²) in [5, 5.41) is 18.2. The minimum absolute atomic E-state index is 0.0995. The lowest BCUT2D eigenvalue weighted by Gasteiger charge is -2.22. The Morgan fingerprint density at radius 2 is 1.48 bits per heavy atom. The molecule has 0 bridgehead atoms. The van der Waals surface area contributed by atoms with Gasteiger partial charge in [-0.2, -0.15) is 0 Å². The molecule has 0 aromatic heterocycles. The highest BCUT2D eigenvalue weighted by Crippen LogP contribution is 2.25. The van der Waals surface area contributed by atoms with Crippen LogP contribution in [0.3, 0.4) is 0 Å². The molecule has 0 atom stereocenters. The van der Waals surface area contributed by atoms with Gasteiger partial charge >= 0.3 is 0 Å². The van der Waals surface area contributed by atoms with Gasteiger partial charge in [-0.1, -0.05) is 24.3 Å². The summed E-state index contributed by atoms with van der Waals surface area (Å²) in [6.07, 6.45) is 0. The largest absolute Gasteiger partial charge is 0.347 e. The summed E-state index contributed by atoms with van der Waals surface area (Å²) >= 11 is 0. The van der Waals surface area contributed by atoms with Crippen molar-refractivity contribution < 1.29 is 14.5 Å². The van der Waals surface area contributed by atoms with Gasteiger partial charge in [0.25, 0.3) is 17.5 Å². The number of nitrogens with one attached hydrogen (secondary N) is 2. The second-order valence-corrected chi connectivity index (χ2v) is 7.71. The Balaban J connectivity index is 1.98. The summed E-state index contributed by atoms with van der Waals surface area (Å²) < 4.78 is 0. The highest BCUT2D eigenvalue weighted by molar-refractivity contribution is 6.11. The molecule has 29 heavy (non-hydrogen) atoms. The summed E-state index contributed by atoms with van der Waals surface area (Å²) in [6, 6.07) is 16.3. The van der Waals surface area contributed by atoms with Crippen molar-refractivity contribution in [2.75, 3.05) is 5.32 Å². The lowest BCUT2D eigenvalue weighted by molar-refractivity contribution is -0.384. The van der Waals surface area contributed by atoms with Gasteiger partial charge in [0.2, 0.25) is 0 Å². The molecule has 0 aliphatic rings. The Kier molecular flexibility index (Phi) is 5.32. The number of nitro groups is 1. The molecule has 3 aromatic carbocycles. The van der Waals surface area contributed by atoms with Crippen molar-refractivity contribution in [3.05, 3.63) is 81.9 Å². The van der Waals surface area contributed by atoms with Crippen LogP contribution in [0.5, 0.6) is 0 Å². The van der Waals surface area contributed by atoms with Crippen LogP contribution in [0.25, 0.3) is 10.8 Å². The molecule has 2 amide bonds. The average Bonchev–Trinajstić information content (AvgIpc) is 2.66. The van der Waals surface area contributed by atoms with Crippen LogP contribution in [-0.2, 0) is 0 Å². The molecule has 7 heteroatoms. The standard InChI is InChI=1S/C22H21N3O4/c1-22(2,3)24-21(27)18-12-15-6-4-5-7-16(15)13-19(18)23-20(26)14-8-10-17(11-9-14)25(28)29/h4-13H,1-3H3,(H,23,26)(H,24,27). The molecular weight excluding hydrogens is 370 g/mol. The van der Waals surface area contributed by atoms with Gasteiger partial charge in [0.1, 0.15) is 0 Å². The third-order valence-electron chi connectivity index (χ3n) is 4.21. The summed E-state index contributed by atoms with van der Waals surface area (Å²) in [6.45, 7) is 5.63. The quantitative estimate of drug-likeness (QED) is 0.504. The van der Waals surface area contributed by atoms with Crippen molar-refractivity contribution >= 4 is 34.0 Å². The van der Waals surface area contributed by atoms with E-state index in [1.54, 1.807) is 12.1 Å². The van der Waals surface area contributed by atoms with Gasteiger partial charge in [0.15, 0.2) is 0 Å². The molecule has 3 aromatic rings. The van der Waals surface area contributed by atoms with Crippen molar-refractivity contribution in [2.45, 2.75) is 26.3 Å². The first-order valence-corrected chi connectivity index (χ1v) is 9.05. The molecule has 0 spiro atoms. The number of rotatable bonds is 4. The third kappa shape index (κ3) is 4.76. The first-order chi connectivity index (χ1) is 13.6. The maximum Gasteiger partial charge on any atom is 0.269 e. The van der Waals surface area contributed by atoms with Gasteiger partial charge in [-0.05, 0) is 55.8 Å². The van der Waals surface area contributed by atoms with Crippen LogP contribution in [0, 0.1) is 10.1 Å². The minimum Gasteiger partial charge on any atom is -0.347 e. The number of benzene rings is 3. The Bertz CT molecular complexity index is 1100. The van der Waals surface area contributed by atoms with Crippen molar-refractivity contribution in [3.63, 3.8) is 0 Å². The minimum atomic E-state index is -0.528. The molecule has 0 radical (unpaired) electrons. The summed E-state index contributed by atoms with van der Waals surface area (Å²) in [4.78, 5) is 35.8. The number of anilines is 1. The Morgan fingerprint density at radius 3 is 2.03 bits per heavy atom. The number of hydrogen-bond donors (Lipinski definition) is 2. The van der Waals surface area contributed by atoms with Gasteiger partial charge in [0.05, 0.1) is 16.2 Å². The molecule has 0 heterocycles. The molecule has 0 saturated carbocycles. The maximum atomic E-state index is 12.8. The van der Waals surface area contributed by atoms with Crippen LogP contribution in [0.1, 0.15) is 41.5 Å². The van der Waals surface area contributed by atoms with Crippen molar-refractivity contribution in [1.29, 1.82) is 0 Å². The first kappa shape index (κ1) is 20.0. The first-order valence-electron chi connectivity index (χ1n) is 9.05. The molecule has 0 aliphatic heterocycles. The fraction of sp³-hybridized carbons (Fsp3) is 0.182. The van der Waals surface area contributed by atoms with E-state index in [2.05, 4.69) is 10.6 Å². The molecule has 0 saturated heterocycles. The molecule has 7 nitrogen and oxygen atoms in total. The van der Waals surface area contributed by atoms with Crippen molar-refractivity contribution in [2.24, 2.45) is 0 Å². The van der Waals surface area contributed by atoms with E-state index in [4.69, 9.17) is 0 Å². The lowest BCUT2D eigenvalue weighted by Crippen LogP contribution is -2.40. The molecule has 0 fully saturated rings. The molecule has 148 valence electrons. The number of carbonyl (C=O) groups is 2. The average molecular weight is 391 g/mol. The number of hydrogen-bond acceptors (Lipinski definition) is 4. The fourth-order valence-electron chi connectivity index (χ4n) is 2.87. The van der Waals surface area contributed by atoms with Crippen LogP contribution < -0.4 is 10.6 Å². The zero-order chi connectivity index (χ0) is 21.2. The number of nitrogens with zero attached hydrogens (tertiary/aromatic N) is 1.